The second kappa shape index (κ2) is 8.41. The quantitative estimate of drug-likeness (QED) is 0.748. The molecular formula is C17H25N5O2S2. The summed E-state index contributed by atoms with van der Waals surface area (Å²) in [6.45, 7) is 4.28. The minimum Gasteiger partial charge on any atom is -0.361 e. The number of rotatable bonds is 7. The molecule has 2 aromatic rings. The molecule has 0 atom stereocenters. The van der Waals surface area contributed by atoms with E-state index in [1.165, 1.54) is 0 Å². The maximum absolute atomic E-state index is 12.0. The van der Waals surface area contributed by atoms with Crippen LogP contribution in [0.4, 0.5) is 5.13 Å². The lowest BCUT2D eigenvalue weighted by Gasteiger charge is -2.29. The van der Waals surface area contributed by atoms with E-state index in [2.05, 4.69) is 25.0 Å². The van der Waals surface area contributed by atoms with Gasteiger partial charge < -0.3 is 5.32 Å². The Bertz CT molecular complexity index is 800. The van der Waals surface area contributed by atoms with Gasteiger partial charge >= 0.3 is 0 Å². The summed E-state index contributed by atoms with van der Waals surface area (Å²) >= 11 is 1.56. The molecule has 1 aliphatic rings. The first-order chi connectivity index (χ1) is 12.4. The van der Waals surface area contributed by atoms with Gasteiger partial charge in [0.05, 0.1) is 11.4 Å². The van der Waals surface area contributed by atoms with Crippen molar-refractivity contribution in [1.29, 1.82) is 0 Å². The van der Waals surface area contributed by atoms with Gasteiger partial charge in [-0.15, -0.1) is 11.3 Å². The highest BCUT2D eigenvalue weighted by molar-refractivity contribution is 7.90. The zero-order chi connectivity index (χ0) is 18.6. The van der Waals surface area contributed by atoms with Crippen molar-refractivity contribution in [3.8, 4) is 11.4 Å². The highest BCUT2D eigenvalue weighted by Gasteiger charge is 2.26. The molecule has 142 valence electrons. The van der Waals surface area contributed by atoms with Crippen LogP contribution < -0.4 is 10.0 Å². The molecule has 1 fully saturated rings. The molecule has 0 aliphatic heterocycles. The Morgan fingerprint density at radius 2 is 1.96 bits per heavy atom. The number of thiazole rings is 1. The van der Waals surface area contributed by atoms with E-state index >= 15 is 0 Å². The Labute approximate surface area is 158 Å². The third-order valence-corrected chi connectivity index (χ3v) is 7.37. The van der Waals surface area contributed by atoms with Crippen LogP contribution in [0.15, 0.2) is 24.0 Å². The van der Waals surface area contributed by atoms with Crippen molar-refractivity contribution < 1.29 is 8.42 Å². The molecule has 0 spiro atoms. The van der Waals surface area contributed by atoms with Crippen LogP contribution in [0.3, 0.4) is 0 Å². The number of nitrogens with zero attached hydrogens (tertiary/aromatic N) is 3. The predicted octanol–water partition coefficient (Wildman–Crippen LogP) is 2.90. The fourth-order valence-corrected chi connectivity index (χ4v) is 4.68. The fraction of sp³-hybridized carbons (Fsp3) is 0.588. The Balaban J connectivity index is 1.45. The van der Waals surface area contributed by atoms with Gasteiger partial charge in [0, 0.05) is 30.4 Å². The summed E-state index contributed by atoms with van der Waals surface area (Å²) in [6, 6.07) is 0.0711. The van der Waals surface area contributed by atoms with Crippen LogP contribution in [-0.4, -0.2) is 41.2 Å². The second-order valence-corrected chi connectivity index (χ2v) is 10.1. The summed E-state index contributed by atoms with van der Waals surface area (Å²) in [6.07, 6.45) is 8.82. The highest BCUT2D eigenvalue weighted by atomic mass is 32.2. The topological polar surface area (TPSA) is 96.9 Å². The lowest BCUT2D eigenvalue weighted by atomic mass is 9.86. The summed E-state index contributed by atoms with van der Waals surface area (Å²) in [4.78, 5) is 12.9. The Morgan fingerprint density at radius 1 is 1.19 bits per heavy atom. The van der Waals surface area contributed by atoms with Crippen LogP contribution in [0.2, 0.25) is 0 Å². The number of nitrogens with one attached hydrogen (secondary N) is 2. The lowest BCUT2D eigenvalue weighted by molar-refractivity contribution is 0.323. The van der Waals surface area contributed by atoms with Crippen molar-refractivity contribution >= 4 is 26.5 Å². The SMILES string of the molecule is CC(C)S(=O)(=O)N[C@H]1CC[C@H](CNc2nc(-c3cnccn3)cs2)CC1. The zero-order valence-electron chi connectivity index (χ0n) is 15.1. The van der Waals surface area contributed by atoms with Gasteiger partial charge in [-0.2, -0.15) is 0 Å². The average Bonchev–Trinajstić information content (AvgIpc) is 3.10. The molecule has 0 saturated heterocycles. The fourth-order valence-electron chi connectivity index (χ4n) is 2.99. The molecular weight excluding hydrogens is 370 g/mol. The van der Waals surface area contributed by atoms with Crippen molar-refractivity contribution in [2.75, 3.05) is 11.9 Å². The van der Waals surface area contributed by atoms with Crippen LogP contribution in [0.1, 0.15) is 39.5 Å². The molecule has 26 heavy (non-hydrogen) atoms. The van der Waals surface area contributed by atoms with E-state index in [1.54, 1.807) is 43.8 Å². The van der Waals surface area contributed by atoms with Crippen molar-refractivity contribution in [2.45, 2.75) is 50.8 Å². The lowest BCUT2D eigenvalue weighted by Crippen LogP contribution is -2.41. The number of anilines is 1. The van der Waals surface area contributed by atoms with Gasteiger partial charge in [-0.05, 0) is 45.4 Å². The minimum absolute atomic E-state index is 0.0711. The van der Waals surface area contributed by atoms with Crippen molar-refractivity contribution in [2.24, 2.45) is 5.92 Å². The largest absolute Gasteiger partial charge is 0.361 e. The maximum atomic E-state index is 12.0. The van der Waals surface area contributed by atoms with Crippen LogP contribution in [0, 0.1) is 5.92 Å². The molecule has 3 rings (SSSR count). The van der Waals surface area contributed by atoms with E-state index < -0.39 is 10.0 Å². The van der Waals surface area contributed by atoms with Gasteiger partial charge in [0.15, 0.2) is 5.13 Å². The number of sulfonamides is 1. The van der Waals surface area contributed by atoms with Crippen molar-refractivity contribution in [3.05, 3.63) is 24.0 Å². The van der Waals surface area contributed by atoms with Gasteiger partial charge in [-0.3, -0.25) is 9.97 Å². The zero-order valence-corrected chi connectivity index (χ0v) is 16.7. The molecule has 0 radical (unpaired) electrons. The Morgan fingerprint density at radius 3 is 2.62 bits per heavy atom. The number of hydrogen-bond acceptors (Lipinski definition) is 7. The van der Waals surface area contributed by atoms with Gasteiger partial charge in [0.2, 0.25) is 10.0 Å². The number of aromatic nitrogens is 3. The van der Waals surface area contributed by atoms with Gasteiger partial charge in [0.1, 0.15) is 11.4 Å². The van der Waals surface area contributed by atoms with Gasteiger partial charge in [-0.25, -0.2) is 18.1 Å². The first-order valence-corrected chi connectivity index (χ1v) is 11.3. The Hall–Kier alpha value is -1.58. The second-order valence-electron chi connectivity index (χ2n) is 6.94. The van der Waals surface area contributed by atoms with E-state index in [9.17, 15) is 8.42 Å². The molecule has 2 N–H and O–H groups in total. The Kier molecular flexibility index (Phi) is 6.20. The summed E-state index contributed by atoms with van der Waals surface area (Å²) in [5.41, 5.74) is 1.60. The third kappa shape index (κ3) is 4.99. The summed E-state index contributed by atoms with van der Waals surface area (Å²) in [7, 11) is -3.18. The molecule has 9 heteroatoms. The van der Waals surface area contributed by atoms with E-state index in [-0.39, 0.29) is 11.3 Å². The maximum Gasteiger partial charge on any atom is 0.214 e. The normalized spacial score (nSPS) is 21.0. The predicted molar refractivity (Wildman–Crippen MR) is 105 cm³/mol. The third-order valence-electron chi connectivity index (χ3n) is 4.67. The molecule has 0 aromatic carbocycles. The van der Waals surface area contributed by atoms with Crippen LogP contribution in [-0.2, 0) is 10.0 Å². The smallest absolute Gasteiger partial charge is 0.214 e. The first kappa shape index (κ1) is 19.2. The van der Waals surface area contributed by atoms with E-state index in [0.717, 1.165) is 48.7 Å². The molecule has 7 nitrogen and oxygen atoms in total. The van der Waals surface area contributed by atoms with Crippen molar-refractivity contribution in [3.63, 3.8) is 0 Å². The summed E-state index contributed by atoms with van der Waals surface area (Å²) in [5, 5.41) is 5.89. The van der Waals surface area contributed by atoms with Gasteiger partial charge in [0.25, 0.3) is 0 Å². The molecule has 1 aliphatic carbocycles. The molecule has 0 unspecified atom stereocenters. The van der Waals surface area contributed by atoms with E-state index in [0.29, 0.717) is 5.92 Å². The van der Waals surface area contributed by atoms with Crippen molar-refractivity contribution in [1.82, 2.24) is 19.7 Å². The van der Waals surface area contributed by atoms with Gasteiger partial charge in [-0.1, -0.05) is 0 Å². The molecule has 2 aromatic heterocycles. The monoisotopic (exact) mass is 395 g/mol. The minimum atomic E-state index is -3.18. The standard InChI is InChI=1S/C17H25N5O2S2/c1-12(2)26(23,24)22-14-5-3-13(4-6-14)9-20-17-21-16(11-25-17)15-10-18-7-8-19-15/h7-8,10-14,22H,3-6,9H2,1-2H3,(H,20,21)/t13-,14-. The molecule has 0 bridgehead atoms. The highest BCUT2D eigenvalue weighted by Crippen LogP contribution is 2.27. The summed E-state index contributed by atoms with van der Waals surface area (Å²) in [5.74, 6) is 0.540. The number of hydrogen-bond donors (Lipinski definition) is 2. The van der Waals surface area contributed by atoms with Crippen LogP contribution in [0.25, 0.3) is 11.4 Å². The van der Waals surface area contributed by atoms with E-state index in [1.807, 2.05) is 5.38 Å². The van der Waals surface area contributed by atoms with Crippen LogP contribution in [0.5, 0.6) is 0 Å². The molecule has 0 amide bonds. The summed E-state index contributed by atoms with van der Waals surface area (Å²) < 4.78 is 26.8. The average molecular weight is 396 g/mol. The molecule has 2 heterocycles. The van der Waals surface area contributed by atoms with Crippen LogP contribution >= 0.6 is 11.3 Å². The van der Waals surface area contributed by atoms with E-state index in [4.69, 9.17) is 0 Å². The molecule has 1 saturated carbocycles. The first-order valence-electron chi connectivity index (χ1n) is 8.91.